The molecular formula is C15H18F2N2O. The highest BCUT2D eigenvalue weighted by Crippen LogP contribution is 2.28. The molecule has 0 radical (unpaired) electrons. The predicted octanol–water partition coefficient (Wildman–Crippen LogP) is 3.82. The molecule has 3 nitrogen and oxygen atoms in total. The molecule has 2 rings (SSSR count). The minimum Gasteiger partial charge on any atom is -0.443 e. The minimum absolute atomic E-state index is 0.0898. The molecule has 0 saturated carbocycles. The Morgan fingerprint density at radius 2 is 1.90 bits per heavy atom. The lowest BCUT2D eigenvalue weighted by Crippen LogP contribution is -2.35. The zero-order chi connectivity index (χ0) is 14.9. The molecule has 1 N–H and O–H groups in total. The Balaban J connectivity index is 2.35. The molecule has 0 unspecified atom stereocenters. The summed E-state index contributed by atoms with van der Waals surface area (Å²) in [6.45, 7) is 8.10. The Labute approximate surface area is 117 Å². The molecule has 0 aliphatic heterocycles. The first-order chi connectivity index (χ1) is 9.28. The molecule has 0 aliphatic carbocycles. The van der Waals surface area contributed by atoms with Gasteiger partial charge in [0.2, 0.25) is 0 Å². The Morgan fingerprint density at radius 1 is 1.20 bits per heavy atom. The van der Waals surface area contributed by atoms with Crippen LogP contribution < -0.4 is 5.32 Å². The van der Waals surface area contributed by atoms with Gasteiger partial charge in [0.15, 0.2) is 12.2 Å². The second-order valence-corrected chi connectivity index (χ2v) is 5.81. The van der Waals surface area contributed by atoms with E-state index in [-0.39, 0.29) is 11.1 Å². The molecule has 0 aliphatic rings. The van der Waals surface area contributed by atoms with Crippen LogP contribution in [0.5, 0.6) is 0 Å². The first kappa shape index (κ1) is 14.7. The van der Waals surface area contributed by atoms with Gasteiger partial charge in [-0.15, -0.1) is 0 Å². The van der Waals surface area contributed by atoms with E-state index < -0.39 is 11.6 Å². The summed E-state index contributed by atoms with van der Waals surface area (Å²) >= 11 is 0. The molecule has 1 aromatic carbocycles. The highest BCUT2D eigenvalue weighted by atomic mass is 19.1. The Morgan fingerprint density at radius 3 is 2.55 bits per heavy atom. The van der Waals surface area contributed by atoms with Gasteiger partial charge >= 0.3 is 0 Å². The lowest BCUT2D eigenvalue weighted by molar-refractivity contribution is 0.421. The van der Waals surface area contributed by atoms with Gasteiger partial charge in [0.1, 0.15) is 17.3 Å². The SMILES string of the molecule is Cc1cc(-c2ocnc2CNC(C)(C)C)c(F)cc1F. The van der Waals surface area contributed by atoms with Crippen LogP contribution in [0.2, 0.25) is 0 Å². The Kier molecular flexibility index (Phi) is 3.90. The van der Waals surface area contributed by atoms with Crippen molar-refractivity contribution in [2.24, 2.45) is 0 Å². The van der Waals surface area contributed by atoms with Gasteiger partial charge in [-0.2, -0.15) is 0 Å². The van der Waals surface area contributed by atoms with Gasteiger partial charge in [-0.1, -0.05) is 0 Å². The van der Waals surface area contributed by atoms with E-state index >= 15 is 0 Å². The lowest BCUT2D eigenvalue weighted by atomic mass is 10.1. The summed E-state index contributed by atoms with van der Waals surface area (Å²) in [5.74, 6) is -0.885. The number of hydrogen-bond acceptors (Lipinski definition) is 3. The summed E-state index contributed by atoms with van der Waals surface area (Å²) in [6.07, 6.45) is 1.27. The zero-order valence-electron chi connectivity index (χ0n) is 12.1. The van der Waals surface area contributed by atoms with Gasteiger partial charge in [-0.3, -0.25) is 0 Å². The molecule has 0 atom stereocenters. The van der Waals surface area contributed by atoms with Gasteiger partial charge in [-0.05, 0) is 39.3 Å². The van der Waals surface area contributed by atoms with Crippen LogP contribution in [0.4, 0.5) is 8.78 Å². The molecule has 5 heteroatoms. The summed E-state index contributed by atoms with van der Waals surface area (Å²) in [5, 5.41) is 3.26. The average molecular weight is 280 g/mol. The maximum Gasteiger partial charge on any atom is 0.181 e. The summed E-state index contributed by atoms with van der Waals surface area (Å²) in [7, 11) is 0. The van der Waals surface area contributed by atoms with Gasteiger partial charge in [0.05, 0.1) is 5.56 Å². The first-order valence-electron chi connectivity index (χ1n) is 6.41. The average Bonchev–Trinajstić information content (AvgIpc) is 2.78. The van der Waals surface area contributed by atoms with Crippen LogP contribution in [-0.4, -0.2) is 10.5 Å². The third kappa shape index (κ3) is 3.22. The molecule has 108 valence electrons. The second kappa shape index (κ2) is 5.32. The number of hydrogen-bond donors (Lipinski definition) is 1. The number of aromatic nitrogens is 1. The van der Waals surface area contributed by atoms with Gasteiger partial charge in [-0.25, -0.2) is 13.8 Å². The van der Waals surface area contributed by atoms with Crippen LogP contribution in [0.25, 0.3) is 11.3 Å². The molecule has 0 amide bonds. The number of nitrogens with one attached hydrogen (secondary N) is 1. The number of benzene rings is 1. The van der Waals surface area contributed by atoms with Crippen molar-refractivity contribution in [2.75, 3.05) is 0 Å². The van der Waals surface area contributed by atoms with Crippen molar-refractivity contribution in [1.82, 2.24) is 10.3 Å². The highest BCUT2D eigenvalue weighted by Gasteiger charge is 2.18. The van der Waals surface area contributed by atoms with E-state index in [2.05, 4.69) is 10.3 Å². The van der Waals surface area contributed by atoms with E-state index in [1.807, 2.05) is 20.8 Å². The van der Waals surface area contributed by atoms with Crippen molar-refractivity contribution >= 4 is 0 Å². The largest absolute Gasteiger partial charge is 0.443 e. The van der Waals surface area contributed by atoms with Gasteiger partial charge < -0.3 is 9.73 Å². The van der Waals surface area contributed by atoms with Crippen molar-refractivity contribution in [3.63, 3.8) is 0 Å². The second-order valence-electron chi connectivity index (χ2n) is 5.81. The van der Waals surface area contributed by atoms with Crippen LogP contribution in [0, 0.1) is 18.6 Å². The molecular weight excluding hydrogens is 262 g/mol. The first-order valence-corrected chi connectivity index (χ1v) is 6.41. The molecule has 0 bridgehead atoms. The fourth-order valence-corrected chi connectivity index (χ4v) is 1.79. The molecule has 0 spiro atoms. The number of nitrogens with zero attached hydrogens (tertiary/aromatic N) is 1. The van der Waals surface area contributed by atoms with E-state index in [9.17, 15) is 8.78 Å². The Hall–Kier alpha value is -1.75. The van der Waals surface area contributed by atoms with Crippen LogP contribution in [-0.2, 0) is 6.54 Å². The Bertz CT molecular complexity index is 615. The van der Waals surface area contributed by atoms with Crippen LogP contribution in [0.3, 0.4) is 0 Å². The molecule has 2 aromatic rings. The van der Waals surface area contributed by atoms with E-state index in [1.165, 1.54) is 12.5 Å². The molecule has 20 heavy (non-hydrogen) atoms. The van der Waals surface area contributed by atoms with Crippen LogP contribution in [0.1, 0.15) is 32.0 Å². The number of oxazole rings is 1. The molecule has 1 aromatic heterocycles. The van der Waals surface area contributed by atoms with Crippen molar-refractivity contribution in [2.45, 2.75) is 39.8 Å². The zero-order valence-corrected chi connectivity index (χ0v) is 12.1. The van der Waals surface area contributed by atoms with E-state index in [1.54, 1.807) is 6.92 Å². The summed E-state index contributed by atoms with van der Waals surface area (Å²) in [5.41, 5.74) is 1.11. The standard InChI is InChI=1S/C15H18F2N2O/c1-9-5-10(12(17)6-11(9)16)14-13(18-8-20-14)7-19-15(2,3)4/h5-6,8,19H,7H2,1-4H3. The van der Waals surface area contributed by atoms with Crippen molar-refractivity contribution in [3.05, 3.63) is 41.4 Å². The minimum atomic E-state index is -0.651. The van der Waals surface area contributed by atoms with Crippen molar-refractivity contribution in [3.8, 4) is 11.3 Å². The van der Waals surface area contributed by atoms with Crippen LogP contribution in [0.15, 0.2) is 22.9 Å². The maximum absolute atomic E-state index is 13.9. The summed E-state index contributed by atoms with van der Waals surface area (Å²) in [4.78, 5) is 4.10. The monoisotopic (exact) mass is 280 g/mol. The topological polar surface area (TPSA) is 38.1 Å². The normalized spacial score (nSPS) is 11.9. The number of halogens is 2. The molecule has 1 heterocycles. The smallest absolute Gasteiger partial charge is 0.181 e. The number of rotatable bonds is 3. The fraction of sp³-hybridized carbons (Fsp3) is 0.400. The number of aryl methyl sites for hydroxylation is 1. The summed E-state index contributed by atoms with van der Waals surface area (Å²) < 4.78 is 32.5. The molecule has 0 fully saturated rings. The van der Waals surface area contributed by atoms with Gasteiger partial charge in [0.25, 0.3) is 0 Å². The lowest BCUT2D eigenvalue weighted by Gasteiger charge is -2.19. The fourth-order valence-electron chi connectivity index (χ4n) is 1.79. The third-order valence-corrected chi connectivity index (χ3v) is 2.92. The van der Waals surface area contributed by atoms with Crippen molar-refractivity contribution in [1.29, 1.82) is 0 Å². The van der Waals surface area contributed by atoms with Crippen molar-refractivity contribution < 1.29 is 13.2 Å². The summed E-state index contributed by atoms with van der Waals surface area (Å²) in [6, 6.07) is 2.31. The van der Waals surface area contributed by atoms with Crippen LogP contribution >= 0.6 is 0 Å². The van der Waals surface area contributed by atoms with Gasteiger partial charge in [0, 0.05) is 18.2 Å². The highest BCUT2D eigenvalue weighted by molar-refractivity contribution is 5.61. The van der Waals surface area contributed by atoms with E-state index in [4.69, 9.17) is 4.42 Å². The predicted molar refractivity (Wildman–Crippen MR) is 73.2 cm³/mol. The third-order valence-electron chi connectivity index (χ3n) is 2.92. The maximum atomic E-state index is 13.9. The van der Waals surface area contributed by atoms with E-state index in [0.29, 0.717) is 23.6 Å². The van der Waals surface area contributed by atoms with E-state index in [0.717, 1.165) is 6.07 Å². The quantitative estimate of drug-likeness (QED) is 0.929. The molecule has 0 saturated heterocycles.